The molecular formula is C22H29N5O2. The molecule has 1 aliphatic heterocycles. The van der Waals surface area contributed by atoms with Crippen LogP contribution in [-0.2, 0) is 12.8 Å². The normalized spacial score (nSPS) is 28.3. The number of hydrogen-bond acceptors (Lipinski definition) is 7. The predicted octanol–water partition coefficient (Wildman–Crippen LogP) is 2.21. The third kappa shape index (κ3) is 3.41. The number of anilines is 2. The van der Waals surface area contributed by atoms with Crippen LogP contribution < -0.4 is 15.4 Å². The van der Waals surface area contributed by atoms with Gasteiger partial charge in [-0.2, -0.15) is 4.98 Å². The van der Waals surface area contributed by atoms with Crippen LogP contribution >= 0.6 is 0 Å². The molecule has 2 aromatic heterocycles. The number of pyridine rings is 1. The highest BCUT2D eigenvalue weighted by atomic mass is 16.5. The third-order valence-corrected chi connectivity index (χ3v) is 6.77. The van der Waals surface area contributed by atoms with Gasteiger partial charge in [-0.25, -0.2) is 4.98 Å². The summed E-state index contributed by atoms with van der Waals surface area (Å²) in [5, 5.41) is 10.8. The standard InChI is InChI=1S/C22H29N5O2/c1-12-6-7-19(13(2)24-12)29-20-9-15-11-27(10-14(15)8-18(20)28)21-16-4-3-5-17(16)25-22(23)26-21/h6-7,14-15,18,20,28H,3-5,8-11H2,1-2H3,(H2,23,25,26)/t14-,15+,18+,20+/m0/s1. The van der Waals surface area contributed by atoms with Crippen LogP contribution in [-0.4, -0.2) is 45.4 Å². The molecule has 0 bridgehead atoms. The maximum Gasteiger partial charge on any atom is 0.222 e. The smallest absolute Gasteiger partial charge is 0.222 e. The molecule has 4 atom stereocenters. The first-order chi connectivity index (χ1) is 14.0. The summed E-state index contributed by atoms with van der Waals surface area (Å²) in [6.45, 7) is 5.78. The van der Waals surface area contributed by atoms with Crippen molar-refractivity contribution in [2.24, 2.45) is 11.8 Å². The fourth-order valence-corrected chi connectivity index (χ4v) is 5.34. The second kappa shape index (κ2) is 7.13. The van der Waals surface area contributed by atoms with Crippen molar-refractivity contribution < 1.29 is 9.84 Å². The van der Waals surface area contributed by atoms with E-state index in [0.29, 0.717) is 17.8 Å². The number of aliphatic hydroxyl groups is 1. The molecule has 0 spiro atoms. The van der Waals surface area contributed by atoms with Crippen molar-refractivity contribution in [3.63, 3.8) is 0 Å². The molecule has 154 valence electrons. The van der Waals surface area contributed by atoms with E-state index < -0.39 is 6.10 Å². The van der Waals surface area contributed by atoms with E-state index in [-0.39, 0.29) is 6.10 Å². The summed E-state index contributed by atoms with van der Waals surface area (Å²) in [6, 6.07) is 3.92. The number of hydrogen-bond donors (Lipinski definition) is 2. The first-order valence-corrected chi connectivity index (χ1v) is 10.7. The molecule has 0 amide bonds. The molecule has 0 aromatic carbocycles. The topological polar surface area (TPSA) is 97.4 Å². The number of ether oxygens (including phenoxy) is 1. The van der Waals surface area contributed by atoms with E-state index in [9.17, 15) is 5.11 Å². The average Bonchev–Trinajstić information content (AvgIpc) is 3.29. The Balaban J connectivity index is 1.33. The fraction of sp³-hybridized carbons (Fsp3) is 0.591. The Morgan fingerprint density at radius 1 is 1.07 bits per heavy atom. The van der Waals surface area contributed by atoms with Crippen molar-refractivity contribution in [1.82, 2.24) is 15.0 Å². The van der Waals surface area contributed by atoms with Crippen LogP contribution in [0.2, 0.25) is 0 Å². The van der Waals surface area contributed by atoms with Crippen molar-refractivity contribution >= 4 is 11.8 Å². The zero-order chi connectivity index (χ0) is 20.1. The Morgan fingerprint density at radius 2 is 1.86 bits per heavy atom. The second-order valence-corrected chi connectivity index (χ2v) is 8.84. The van der Waals surface area contributed by atoms with E-state index in [1.807, 2.05) is 26.0 Å². The molecular weight excluding hydrogens is 366 g/mol. The SMILES string of the molecule is Cc1ccc(O[C@@H]2C[C@@H]3CN(c4nc(N)nc5c4CCC5)C[C@@H]3C[C@H]2O)c(C)n1. The summed E-state index contributed by atoms with van der Waals surface area (Å²) in [7, 11) is 0. The van der Waals surface area contributed by atoms with Gasteiger partial charge in [0.05, 0.1) is 17.5 Å². The summed E-state index contributed by atoms with van der Waals surface area (Å²) >= 11 is 0. The van der Waals surface area contributed by atoms with E-state index in [0.717, 1.165) is 73.8 Å². The van der Waals surface area contributed by atoms with Gasteiger partial charge in [-0.1, -0.05) is 0 Å². The molecule has 29 heavy (non-hydrogen) atoms. The number of nitrogens with zero attached hydrogens (tertiary/aromatic N) is 4. The monoisotopic (exact) mass is 395 g/mol. The summed E-state index contributed by atoms with van der Waals surface area (Å²) in [4.78, 5) is 15.9. The molecule has 0 radical (unpaired) electrons. The zero-order valence-corrected chi connectivity index (χ0v) is 17.1. The highest BCUT2D eigenvalue weighted by Crippen LogP contribution is 2.41. The predicted molar refractivity (Wildman–Crippen MR) is 111 cm³/mol. The number of nitrogen functional groups attached to an aromatic ring is 1. The van der Waals surface area contributed by atoms with E-state index in [2.05, 4.69) is 19.9 Å². The minimum Gasteiger partial charge on any atom is -0.486 e. The summed E-state index contributed by atoms with van der Waals surface area (Å²) in [5.41, 5.74) is 10.2. The number of aromatic nitrogens is 3. The molecule has 5 rings (SSSR count). The molecule has 0 unspecified atom stereocenters. The van der Waals surface area contributed by atoms with Gasteiger partial charge in [0.25, 0.3) is 0 Å². The van der Waals surface area contributed by atoms with Gasteiger partial charge in [0.2, 0.25) is 5.95 Å². The Kier molecular flexibility index (Phi) is 4.57. The largest absolute Gasteiger partial charge is 0.486 e. The van der Waals surface area contributed by atoms with Crippen LogP contribution in [0.5, 0.6) is 5.75 Å². The molecule has 1 saturated heterocycles. The number of nitrogens with two attached hydrogens (primary N) is 1. The highest BCUT2D eigenvalue weighted by molar-refractivity contribution is 5.54. The second-order valence-electron chi connectivity index (χ2n) is 8.84. The first kappa shape index (κ1) is 18.6. The van der Waals surface area contributed by atoms with Gasteiger partial charge in [0.15, 0.2) is 0 Å². The lowest BCUT2D eigenvalue weighted by molar-refractivity contribution is -0.0236. The van der Waals surface area contributed by atoms with Gasteiger partial charge in [0, 0.05) is 24.3 Å². The molecule has 7 nitrogen and oxygen atoms in total. The van der Waals surface area contributed by atoms with Crippen LogP contribution in [0.4, 0.5) is 11.8 Å². The highest BCUT2D eigenvalue weighted by Gasteiger charge is 2.44. The van der Waals surface area contributed by atoms with Gasteiger partial charge in [-0.05, 0) is 69.9 Å². The number of rotatable bonds is 3. The Bertz CT molecular complexity index is 934. The maximum atomic E-state index is 10.8. The molecule has 3 N–H and O–H groups in total. The van der Waals surface area contributed by atoms with Gasteiger partial charge in [0.1, 0.15) is 17.7 Å². The van der Waals surface area contributed by atoms with Crippen molar-refractivity contribution in [2.75, 3.05) is 23.7 Å². The van der Waals surface area contributed by atoms with Crippen molar-refractivity contribution in [3.8, 4) is 5.75 Å². The molecule has 3 heterocycles. The molecule has 7 heteroatoms. The zero-order valence-electron chi connectivity index (χ0n) is 17.1. The van der Waals surface area contributed by atoms with Crippen LogP contribution in [0.15, 0.2) is 12.1 Å². The lowest BCUT2D eigenvalue weighted by Gasteiger charge is -2.35. The maximum absolute atomic E-state index is 10.8. The molecule has 2 aliphatic carbocycles. The number of fused-ring (bicyclic) bond motifs is 2. The van der Waals surface area contributed by atoms with Gasteiger partial charge >= 0.3 is 0 Å². The van der Waals surface area contributed by atoms with Gasteiger partial charge in [-0.3, -0.25) is 4.98 Å². The minimum absolute atomic E-state index is 0.194. The minimum atomic E-state index is -0.460. The summed E-state index contributed by atoms with van der Waals surface area (Å²) in [5.74, 6) is 3.10. The molecule has 3 aliphatic rings. The molecule has 2 aromatic rings. The van der Waals surface area contributed by atoms with E-state index in [4.69, 9.17) is 10.5 Å². The Labute approximate surface area is 171 Å². The van der Waals surface area contributed by atoms with Crippen LogP contribution in [0.3, 0.4) is 0 Å². The average molecular weight is 396 g/mol. The molecule has 2 fully saturated rings. The third-order valence-electron chi connectivity index (χ3n) is 6.77. The van der Waals surface area contributed by atoms with Crippen LogP contribution in [0, 0.1) is 25.7 Å². The van der Waals surface area contributed by atoms with Crippen molar-refractivity contribution in [1.29, 1.82) is 0 Å². The Hall–Kier alpha value is -2.41. The van der Waals surface area contributed by atoms with E-state index in [1.54, 1.807) is 0 Å². The van der Waals surface area contributed by atoms with Crippen molar-refractivity contribution in [2.45, 2.75) is 58.2 Å². The van der Waals surface area contributed by atoms with Crippen molar-refractivity contribution in [3.05, 3.63) is 34.8 Å². The summed E-state index contributed by atoms with van der Waals surface area (Å²) in [6.07, 6.45) is 4.10. The number of aryl methyl sites for hydroxylation is 3. The lowest BCUT2D eigenvalue weighted by Crippen LogP contribution is -2.42. The fourth-order valence-electron chi connectivity index (χ4n) is 5.34. The van der Waals surface area contributed by atoms with Crippen LogP contribution in [0.1, 0.15) is 41.9 Å². The first-order valence-electron chi connectivity index (χ1n) is 10.7. The quantitative estimate of drug-likeness (QED) is 0.822. The Morgan fingerprint density at radius 3 is 2.66 bits per heavy atom. The van der Waals surface area contributed by atoms with Gasteiger partial charge < -0.3 is 20.5 Å². The van der Waals surface area contributed by atoms with Crippen LogP contribution in [0.25, 0.3) is 0 Å². The van der Waals surface area contributed by atoms with E-state index >= 15 is 0 Å². The van der Waals surface area contributed by atoms with E-state index in [1.165, 1.54) is 5.56 Å². The lowest BCUT2D eigenvalue weighted by atomic mass is 9.78. The van der Waals surface area contributed by atoms with Gasteiger partial charge in [-0.15, -0.1) is 0 Å². The summed E-state index contributed by atoms with van der Waals surface area (Å²) < 4.78 is 6.22. The number of aliphatic hydroxyl groups excluding tert-OH is 1. The molecule has 1 saturated carbocycles.